The second-order valence-corrected chi connectivity index (χ2v) is 5.98. The number of nitrogens with zero attached hydrogens (tertiary/aromatic N) is 1. The first-order valence-electron chi connectivity index (χ1n) is 7.34. The van der Waals surface area contributed by atoms with Gasteiger partial charge in [-0.05, 0) is 29.8 Å². The highest BCUT2D eigenvalue weighted by molar-refractivity contribution is 6.31. The maximum Gasteiger partial charge on any atom is 0.243 e. The Balaban J connectivity index is 1.73. The predicted molar refractivity (Wildman–Crippen MR) is 90.6 cm³/mol. The van der Waals surface area contributed by atoms with Gasteiger partial charge in [0, 0.05) is 17.9 Å². The highest BCUT2D eigenvalue weighted by Crippen LogP contribution is 2.35. The van der Waals surface area contributed by atoms with Crippen LogP contribution in [0.3, 0.4) is 0 Å². The minimum absolute atomic E-state index is 0.0514. The van der Waals surface area contributed by atoms with E-state index in [9.17, 15) is 14.0 Å². The van der Waals surface area contributed by atoms with Crippen LogP contribution in [0, 0.1) is 5.82 Å². The molecular formula is C17H15ClFN3O2. The maximum atomic E-state index is 13.2. The van der Waals surface area contributed by atoms with E-state index in [-0.39, 0.29) is 17.5 Å². The zero-order valence-corrected chi connectivity index (χ0v) is 13.4. The monoisotopic (exact) mass is 347 g/mol. The lowest BCUT2D eigenvalue weighted by atomic mass is 10.0. The maximum absolute atomic E-state index is 13.2. The Morgan fingerprint density at radius 2 is 2.04 bits per heavy atom. The molecule has 2 aromatic carbocycles. The van der Waals surface area contributed by atoms with Crippen LogP contribution in [-0.4, -0.2) is 24.9 Å². The molecule has 1 aliphatic heterocycles. The van der Waals surface area contributed by atoms with Gasteiger partial charge in [-0.15, -0.1) is 0 Å². The number of nitrogens with one attached hydrogen (secondary N) is 1. The normalized spacial score (nSPS) is 15.9. The summed E-state index contributed by atoms with van der Waals surface area (Å²) in [4.78, 5) is 25.6. The first-order valence-corrected chi connectivity index (χ1v) is 7.71. The second-order valence-electron chi connectivity index (χ2n) is 5.57. The molecule has 2 amide bonds. The van der Waals surface area contributed by atoms with E-state index in [1.807, 2.05) is 24.3 Å². The average Bonchev–Trinajstić information content (AvgIpc) is 2.90. The molecule has 24 heavy (non-hydrogen) atoms. The van der Waals surface area contributed by atoms with E-state index in [4.69, 9.17) is 17.3 Å². The number of anilines is 2. The van der Waals surface area contributed by atoms with Crippen molar-refractivity contribution in [1.82, 2.24) is 0 Å². The van der Waals surface area contributed by atoms with Crippen LogP contribution in [0.15, 0.2) is 42.5 Å². The van der Waals surface area contributed by atoms with Crippen LogP contribution in [0.4, 0.5) is 15.8 Å². The molecule has 0 aromatic heterocycles. The molecule has 0 spiro atoms. The van der Waals surface area contributed by atoms with Crippen LogP contribution in [0.2, 0.25) is 5.02 Å². The molecule has 1 heterocycles. The number of hydrogen-bond donors (Lipinski definition) is 2. The van der Waals surface area contributed by atoms with Gasteiger partial charge in [0.25, 0.3) is 0 Å². The summed E-state index contributed by atoms with van der Waals surface area (Å²) < 4.78 is 13.2. The van der Waals surface area contributed by atoms with Crippen LogP contribution in [0.5, 0.6) is 0 Å². The molecule has 0 radical (unpaired) electrons. The molecule has 7 heteroatoms. The third-order valence-corrected chi connectivity index (χ3v) is 4.23. The summed E-state index contributed by atoms with van der Waals surface area (Å²) in [6.07, 6.45) is 0. The number of nitrogens with two attached hydrogens (primary N) is 1. The van der Waals surface area contributed by atoms with Gasteiger partial charge in [0.2, 0.25) is 11.8 Å². The largest absolute Gasteiger partial charge is 0.369 e. The van der Waals surface area contributed by atoms with Crippen molar-refractivity contribution in [3.05, 3.63) is 58.9 Å². The third kappa shape index (κ3) is 3.19. The van der Waals surface area contributed by atoms with E-state index in [1.54, 1.807) is 4.90 Å². The average molecular weight is 348 g/mol. The first kappa shape index (κ1) is 16.3. The van der Waals surface area contributed by atoms with Gasteiger partial charge >= 0.3 is 0 Å². The molecule has 5 nitrogen and oxygen atoms in total. The zero-order valence-electron chi connectivity index (χ0n) is 12.6. The molecule has 1 atom stereocenters. The van der Waals surface area contributed by atoms with Crippen molar-refractivity contribution < 1.29 is 14.0 Å². The number of benzene rings is 2. The molecule has 0 fully saturated rings. The summed E-state index contributed by atoms with van der Waals surface area (Å²) in [6, 6.07) is 11.3. The van der Waals surface area contributed by atoms with E-state index < -0.39 is 17.6 Å². The minimum Gasteiger partial charge on any atom is -0.369 e. The summed E-state index contributed by atoms with van der Waals surface area (Å²) in [5.74, 6) is -1.70. The fraction of sp³-hybridized carbons (Fsp3) is 0.176. The number of halogens is 2. The Labute approximate surface area is 143 Å². The van der Waals surface area contributed by atoms with Crippen molar-refractivity contribution in [2.45, 2.75) is 5.92 Å². The highest BCUT2D eigenvalue weighted by Gasteiger charge is 2.32. The summed E-state index contributed by atoms with van der Waals surface area (Å²) in [5.41, 5.74) is 7.49. The van der Waals surface area contributed by atoms with E-state index in [2.05, 4.69) is 5.32 Å². The summed E-state index contributed by atoms with van der Waals surface area (Å²) in [7, 11) is 0. The Kier molecular flexibility index (Phi) is 4.40. The van der Waals surface area contributed by atoms with Gasteiger partial charge in [-0.25, -0.2) is 4.39 Å². The van der Waals surface area contributed by atoms with Crippen molar-refractivity contribution in [2.75, 3.05) is 23.3 Å². The number of primary amides is 1. The number of fused-ring (bicyclic) bond motifs is 1. The summed E-state index contributed by atoms with van der Waals surface area (Å²) in [6.45, 7) is 0.405. The standard InChI is InChI=1S/C17H15ClFN3O2/c18-13-7-10(5-6-14(13)19)21-16(23)9-22-8-12(17(20)24)11-3-1-2-4-15(11)22/h1-7,12H,8-9H2,(H2,20,24)(H,21,23)/t12-/m0/s1. The molecule has 124 valence electrons. The lowest BCUT2D eigenvalue weighted by molar-refractivity contribution is -0.119. The van der Waals surface area contributed by atoms with Gasteiger partial charge in [0.05, 0.1) is 17.5 Å². The van der Waals surface area contributed by atoms with Crippen molar-refractivity contribution in [2.24, 2.45) is 5.73 Å². The zero-order chi connectivity index (χ0) is 17.3. The van der Waals surface area contributed by atoms with Crippen LogP contribution >= 0.6 is 11.6 Å². The Morgan fingerprint density at radius 3 is 2.75 bits per heavy atom. The Hall–Kier alpha value is -2.60. The first-order chi connectivity index (χ1) is 11.5. The van der Waals surface area contributed by atoms with E-state index >= 15 is 0 Å². The van der Waals surface area contributed by atoms with Gasteiger partial charge in [-0.1, -0.05) is 29.8 Å². The van der Waals surface area contributed by atoms with Crippen molar-refractivity contribution in [3.8, 4) is 0 Å². The molecule has 0 saturated heterocycles. The number of carbonyl (C=O) groups excluding carboxylic acids is 2. The number of carbonyl (C=O) groups is 2. The highest BCUT2D eigenvalue weighted by atomic mass is 35.5. The molecule has 0 bridgehead atoms. The predicted octanol–water partition coefficient (Wildman–Crippen LogP) is 2.51. The summed E-state index contributed by atoms with van der Waals surface area (Å²) >= 11 is 5.70. The Morgan fingerprint density at radius 1 is 1.29 bits per heavy atom. The molecule has 3 rings (SSSR count). The second kappa shape index (κ2) is 6.49. The van der Waals surface area contributed by atoms with Crippen molar-refractivity contribution >= 4 is 34.8 Å². The SMILES string of the molecule is NC(=O)[C@H]1CN(CC(=O)Nc2ccc(F)c(Cl)c2)c2ccccc21. The van der Waals surface area contributed by atoms with Crippen LogP contribution < -0.4 is 16.0 Å². The lowest BCUT2D eigenvalue weighted by Gasteiger charge is -2.19. The van der Waals surface area contributed by atoms with Crippen LogP contribution in [0.25, 0.3) is 0 Å². The topological polar surface area (TPSA) is 75.4 Å². The molecule has 0 unspecified atom stereocenters. The minimum atomic E-state index is -0.549. The molecule has 0 aliphatic carbocycles. The number of hydrogen-bond acceptors (Lipinski definition) is 3. The van der Waals surface area contributed by atoms with E-state index in [1.165, 1.54) is 18.2 Å². The van der Waals surface area contributed by atoms with Crippen molar-refractivity contribution in [1.29, 1.82) is 0 Å². The smallest absolute Gasteiger partial charge is 0.243 e. The number of para-hydroxylation sites is 1. The molecule has 3 N–H and O–H groups in total. The molecule has 1 aliphatic rings. The van der Waals surface area contributed by atoms with Crippen LogP contribution in [0.1, 0.15) is 11.5 Å². The fourth-order valence-electron chi connectivity index (χ4n) is 2.83. The molecular weight excluding hydrogens is 333 g/mol. The molecule has 2 aromatic rings. The molecule has 0 saturated carbocycles. The van der Waals surface area contributed by atoms with E-state index in [0.717, 1.165) is 11.3 Å². The van der Waals surface area contributed by atoms with Gasteiger partial charge in [-0.2, -0.15) is 0 Å². The van der Waals surface area contributed by atoms with E-state index in [0.29, 0.717) is 12.2 Å². The number of rotatable bonds is 4. The third-order valence-electron chi connectivity index (χ3n) is 3.94. The number of amides is 2. The summed E-state index contributed by atoms with van der Waals surface area (Å²) in [5, 5.41) is 2.60. The van der Waals surface area contributed by atoms with Crippen LogP contribution in [-0.2, 0) is 9.59 Å². The van der Waals surface area contributed by atoms with Gasteiger partial charge in [0.15, 0.2) is 0 Å². The fourth-order valence-corrected chi connectivity index (χ4v) is 3.01. The lowest BCUT2D eigenvalue weighted by Crippen LogP contribution is -2.34. The Bertz CT molecular complexity index is 812. The van der Waals surface area contributed by atoms with Gasteiger partial charge in [-0.3, -0.25) is 9.59 Å². The van der Waals surface area contributed by atoms with Crippen molar-refractivity contribution in [3.63, 3.8) is 0 Å². The van der Waals surface area contributed by atoms with Gasteiger partial charge < -0.3 is 16.0 Å². The van der Waals surface area contributed by atoms with Gasteiger partial charge in [0.1, 0.15) is 5.82 Å². The quantitative estimate of drug-likeness (QED) is 0.892.